The SMILES string of the molecule is CNC(Cc1ccc(Cl)cc1)C1(OC)CCCCC1. The quantitative estimate of drug-likeness (QED) is 0.886. The molecule has 1 saturated carbocycles. The van der Waals surface area contributed by atoms with Crippen LogP contribution in [0.3, 0.4) is 0 Å². The van der Waals surface area contributed by atoms with Crippen molar-refractivity contribution in [2.24, 2.45) is 0 Å². The first-order chi connectivity index (χ1) is 9.20. The molecule has 0 aromatic heterocycles. The zero-order valence-corrected chi connectivity index (χ0v) is 12.7. The van der Waals surface area contributed by atoms with Gasteiger partial charge in [-0.05, 0) is 44.0 Å². The Bertz CT molecular complexity index is 384. The Balaban J connectivity index is 2.11. The number of benzene rings is 1. The molecule has 19 heavy (non-hydrogen) atoms. The summed E-state index contributed by atoms with van der Waals surface area (Å²) in [6.07, 6.45) is 7.18. The third-order valence-electron chi connectivity index (χ3n) is 4.44. The molecule has 3 heteroatoms. The molecule has 106 valence electrons. The topological polar surface area (TPSA) is 21.3 Å². The second kappa shape index (κ2) is 6.74. The summed E-state index contributed by atoms with van der Waals surface area (Å²) in [7, 11) is 3.90. The molecule has 0 aliphatic heterocycles. The van der Waals surface area contributed by atoms with Gasteiger partial charge in [0.2, 0.25) is 0 Å². The summed E-state index contributed by atoms with van der Waals surface area (Å²) < 4.78 is 5.94. The van der Waals surface area contributed by atoms with Gasteiger partial charge >= 0.3 is 0 Å². The molecule has 1 aromatic carbocycles. The van der Waals surface area contributed by atoms with Crippen LogP contribution < -0.4 is 5.32 Å². The summed E-state index contributed by atoms with van der Waals surface area (Å²) >= 11 is 5.95. The van der Waals surface area contributed by atoms with Crippen molar-refractivity contribution in [2.45, 2.75) is 50.2 Å². The molecule has 0 saturated heterocycles. The zero-order valence-electron chi connectivity index (χ0n) is 11.9. The minimum Gasteiger partial charge on any atom is -0.377 e. The Labute approximate surface area is 121 Å². The normalized spacial score (nSPS) is 20.2. The van der Waals surface area contributed by atoms with E-state index in [9.17, 15) is 0 Å². The van der Waals surface area contributed by atoms with Gasteiger partial charge in [-0.1, -0.05) is 43.0 Å². The van der Waals surface area contributed by atoms with E-state index in [2.05, 4.69) is 17.4 Å². The van der Waals surface area contributed by atoms with Crippen molar-refractivity contribution in [3.8, 4) is 0 Å². The van der Waals surface area contributed by atoms with E-state index < -0.39 is 0 Å². The van der Waals surface area contributed by atoms with Crippen molar-refractivity contribution in [1.82, 2.24) is 5.32 Å². The van der Waals surface area contributed by atoms with Crippen LogP contribution in [-0.2, 0) is 11.2 Å². The van der Waals surface area contributed by atoms with Crippen LogP contribution in [0.5, 0.6) is 0 Å². The molecule has 2 nitrogen and oxygen atoms in total. The van der Waals surface area contributed by atoms with Crippen LogP contribution in [0.4, 0.5) is 0 Å². The molecule has 1 aliphatic rings. The molecule has 0 heterocycles. The Kier molecular flexibility index (Phi) is 5.26. The van der Waals surface area contributed by atoms with Crippen LogP contribution in [0, 0.1) is 0 Å². The third-order valence-corrected chi connectivity index (χ3v) is 4.70. The summed E-state index contributed by atoms with van der Waals surface area (Å²) in [6, 6.07) is 8.50. The average molecular weight is 282 g/mol. The highest BCUT2D eigenvalue weighted by atomic mass is 35.5. The van der Waals surface area contributed by atoms with Gasteiger partial charge in [0.15, 0.2) is 0 Å². The lowest BCUT2D eigenvalue weighted by atomic mass is 9.77. The lowest BCUT2D eigenvalue weighted by Crippen LogP contribution is -2.53. The number of hydrogen-bond acceptors (Lipinski definition) is 2. The Morgan fingerprint density at radius 2 is 1.84 bits per heavy atom. The number of ether oxygens (including phenoxy) is 1. The highest BCUT2D eigenvalue weighted by Gasteiger charge is 2.39. The number of rotatable bonds is 5. The van der Waals surface area contributed by atoms with Crippen molar-refractivity contribution in [3.05, 3.63) is 34.9 Å². The van der Waals surface area contributed by atoms with E-state index in [0.29, 0.717) is 6.04 Å². The second-order valence-corrected chi connectivity index (χ2v) is 5.94. The minimum absolute atomic E-state index is 0.00731. The third kappa shape index (κ3) is 3.50. The second-order valence-electron chi connectivity index (χ2n) is 5.50. The van der Waals surface area contributed by atoms with Crippen LogP contribution in [0.15, 0.2) is 24.3 Å². The number of nitrogens with one attached hydrogen (secondary N) is 1. The molecular formula is C16H24ClNO. The molecule has 0 amide bonds. The van der Waals surface area contributed by atoms with Gasteiger partial charge in [-0.25, -0.2) is 0 Å². The molecular weight excluding hydrogens is 258 g/mol. The molecule has 1 fully saturated rings. The van der Waals surface area contributed by atoms with Gasteiger partial charge in [-0.15, -0.1) is 0 Å². The predicted octanol–water partition coefficient (Wildman–Crippen LogP) is 3.82. The fourth-order valence-electron chi connectivity index (χ4n) is 3.25. The number of hydrogen-bond donors (Lipinski definition) is 1. The first-order valence-electron chi connectivity index (χ1n) is 7.17. The summed E-state index contributed by atoms with van der Waals surface area (Å²) in [6.45, 7) is 0. The molecule has 0 spiro atoms. The summed E-state index contributed by atoms with van der Waals surface area (Å²) in [5.41, 5.74) is 1.30. The van der Waals surface area contributed by atoms with Crippen molar-refractivity contribution >= 4 is 11.6 Å². The maximum Gasteiger partial charge on any atom is 0.0834 e. The van der Waals surface area contributed by atoms with Gasteiger partial charge < -0.3 is 10.1 Å². The van der Waals surface area contributed by atoms with Crippen molar-refractivity contribution in [3.63, 3.8) is 0 Å². The Morgan fingerprint density at radius 1 is 1.21 bits per heavy atom. The zero-order chi connectivity index (χ0) is 13.7. The monoisotopic (exact) mass is 281 g/mol. The first-order valence-corrected chi connectivity index (χ1v) is 7.55. The van der Waals surface area contributed by atoms with Gasteiger partial charge in [-0.2, -0.15) is 0 Å². The van der Waals surface area contributed by atoms with E-state index in [-0.39, 0.29) is 5.60 Å². The minimum atomic E-state index is -0.00731. The highest BCUT2D eigenvalue weighted by Crippen LogP contribution is 2.35. The maximum absolute atomic E-state index is 5.95. The predicted molar refractivity (Wildman–Crippen MR) is 80.8 cm³/mol. The van der Waals surface area contributed by atoms with E-state index in [1.165, 1.54) is 24.8 Å². The standard InChI is InChI=1S/C16H24ClNO/c1-18-15(12-13-6-8-14(17)9-7-13)16(19-2)10-4-3-5-11-16/h6-9,15,18H,3-5,10-12H2,1-2H3. The lowest BCUT2D eigenvalue weighted by Gasteiger charge is -2.42. The Hall–Kier alpha value is -0.570. The summed E-state index contributed by atoms with van der Waals surface area (Å²) in [5, 5.41) is 4.26. The van der Waals surface area contributed by atoms with E-state index in [0.717, 1.165) is 24.3 Å². The van der Waals surface area contributed by atoms with Crippen LogP contribution in [0.2, 0.25) is 5.02 Å². The average Bonchev–Trinajstić information content (AvgIpc) is 2.47. The molecule has 1 N–H and O–H groups in total. The highest BCUT2D eigenvalue weighted by molar-refractivity contribution is 6.30. The van der Waals surface area contributed by atoms with E-state index >= 15 is 0 Å². The van der Waals surface area contributed by atoms with Crippen LogP contribution in [0.25, 0.3) is 0 Å². The fraction of sp³-hybridized carbons (Fsp3) is 0.625. The molecule has 1 unspecified atom stereocenters. The molecule has 0 radical (unpaired) electrons. The Morgan fingerprint density at radius 3 is 2.37 bits per heavy atom. The van der Waals surface area contributed by atoms with Crippen molar-refractivity contribution in [1.29, 1.82) is 0 Å². The number of methoxy groups -OCH3 is 1. The van der Waals surface area contributed by atoms with E-state index in [1.807, 2.05) is 26.3 Å². The van der Waals surface area contributed by atoms with Gasteiger partial charge in [0, 0.05) is 18.2 Å². The molecule has 2 rings (SSSR count). The maximum atomic E-state index is 5.95. The fourth-order valence-corrected chi connectivity index (χ4v) is 3.38. The van der Waals surface area contributed by atoms with Crippen LogP contribution in [0.1, 0.15) is 37.7 Å². The van der Waals surface area contributed by atoms with E-state index in [1.54, 1.807) is 0 Å². The largest absolute Gasteiger partial charge is 0.377 e. The smallest absolute Gasteiger partial charge is 0.0834 e. The van der Waals surface area contributed by atoms with Crippen molar-refractivity contribution < 1.29 is 4.74 Å². The van der Waals surface area contributed by atoms with Crippen LogP contribution >= 0.6 is 11.6 Å². The lowest BCUT2D eigenvalue weighted by molar-refractivity contribution is -0.0657. The molecule has 1 atom stereocenters. The molecule has 1 aliphatic carbocycles. The number of halogens is 1. The summed E-state index contributed by atoms with van der Waals surface area (Å²) in [5.74, 6) is 0. The van der Waals surface area contributed by atoms with Crippen molar-refractivity contribution in [2.75, 3.05) is 14.2 Å². The van der Waals surface area contributed by atoms with Gasteiger partial charge in [0.1, 0.15) is 0 Å². The van der Waals surface area contributed by atoms with Gasteiger partial charge in [-0.3, -0.25) is 0 Å². The molecule has 0 bridgehead atoms. The molecule has 1 aromatic rings. The number of likely N-dealkylation sites (N-methyl/N-ethyl adjacent to an activating group) is 1. The van der Waals surface area contributed by atoms with E-state index in [4.69, 9.17) is 16.3 Å². The van der Waals surface area contributed by atoms with Crippen LogP contribution in [-0.4, -0.2) is 25.8 Å². The van der Waals surface area contributed by atoms with Gasteiger partial charge in [0.05, 0.1) is 5.60 Å². The first kappa shape index (κ1) is 14.8. The van der Waals surface area contributed by atoms with Gasteiger partial charge in [0.25, 0.3) is 0 Å². The summed E-state index contributed by atoms with van der Waals surface area (Å²) in [4.78, 5) is 0.